The molecule has 92 valence electrons. The van der Waals surface area contributed by atoms with Gasteiger partial charge in [0.2, 0.25) is 0 Å². The summed E-state index contributed by atoms with van der Waals surface area (Å²) in [6.07, 6.45) is 6.42. The number of carbonyl (C=O) groups is 1. The molecule has 0 aromatic carbocycles. The number of aromatic nitrogens is 1. The molecule has 0 N–H and O–H groups in total. The Hall–Kier alpha value is -0.900. The van der Waals surface area contributed by atoms with Crippen LogP contribution in [0.1, 0.15) is 43.1 Å². The van der Waals surface area contributed by atoms with Crippen LogP contribution in [0.15, 0.2) is 22.8 Å². The first kappa shape index (κ1) is 12.6. The number of hydrogen-bond donors (Lipinski definition) is 0. The third-order valence-corrected chi connectivity index (χ3v) is 3.78. The van der Waals surface area contributed by atoms with Crippen molar-refractivity contribution in [3.8, 4) is 0 Å². The second-order valence-electron chi connectivity index (χ2n) is 4.39. The smallest absolute Gasteiger partial charge is 0.272 e. The van der Waals surface area contributed by atoms with Gasteiger partial charge in [-0.2, -0.15) is 0 Å². The first-order valence-electron chi connectivity index (χ1n) is 6.15. The van der Waals surface area contributed by atoms with Crippen LogP contribution in [0.2, 0.25) is 0 Å². The SMILES string of the molecule is CCN(C(=O)c1ccc(Br)cn1)C1CCCC1. The van der Waals surface area contributed by atoms with Crippen LogP contribution >= 0.6 is 15.9 Å². The van der Waals surface area contributed by atoms with Crippen molar-refractivity contribution in [2.24, 2.45) is 0 Å². The maximum atomic E-state index is 12.3. The topological polar surface area (TPSA) is 33.2 Å². The van der Waals surface area contributed by atoms with Crippen molar-refractivity contribution in [3.63, 3.8) is 0 Å². The van der Waals surface area contributed by atoms with E-state index in [2.05, 4.69) is 20.9 Å². The summed E-state index contributed by atoms with van der Waals surface area (Å²) in [5.74, 6) is 0.0619. The minimum Gasteiger partial charge on any atom is -0.335 e. The van der Waals surface area contributed by atoms with Gasteiger partial charge in [0.15, 0.2) is 0 Å². The summed E-state index contributed by atoms with van der Waals surface area (Å²) in [6, 6.07) is 4.06. The molecule has 1 amide bonds. The summed E-state index contributed by atoms with van der Waals surface area (Å²) in [5, 5.41) is 0. The maximum absolute atomic E-state index is 12.3. The molecule has 0 atom stereocenters. The zero-order valence-electron chi connectivity index (χ0n) is 10.0. The van der Waals surface area contributed by atoms with Crippen molar-refractivity contribution in [1.82, 2.24) is 9.88 Å². The number of pyridine rings is 1. The van der Waals surface area contributed by atoms with E-state index in [4.69, 9.17) is 0 Å². The van der Waals surface area contributed by atoms with Crippen LogP contribution < -0.4 is 0 Å². The second-order valence-corrected chi connectivity index (χ2v) is 5.31. The Balaban J connectivity index is 2.13. The number of hydrogen-bond acceptors (Lipinski definition) is 2. The van der Waals surface area contributed by atoms with Crippen molar-refractivity contribution < 1.29 is 4.79 Å². The molecule has 1 saturated carbocycles. The first-order valence-corrected chi connectivity index (χ1v) is 6.94. The quantitative estimate of drug-likeness (QED) is 0.858. The highest BCUT2D eigenvalue weighted by molar-refractivity contribution is 9.10. The largest absolute Gasteiger partial charge is 0.335 e. The Labute approximate surface area is 110 Å². The van der Waals surface area contributed by atoms with Gasteiger partial charge in [-0.25, -0.2) is 4.98 Å². The monoisotopic (exact) mass is 296 g/mol. The van der Waals surface area contributed by atoms with Gasteiger partial charge in [0.1, 0.15) is 5.69 Å². The molecule has 1 aromatic rings. The normalized spacial score (nSPS) is 16.1. The number of halogens is 1. The Morgan fingerprint density at radius 2 is 2.18 bits per heavy atom. The molecular formula is C13H17BrN2O. The van der Waals surface area contributed by atoms with Crippen LogP contribution in [-0.4, -0.2) is 28.4 Å². The number of nitrogens with zero attached hydrogens (tertiary/aromatic N) is 2. The van der Waals surface area contributed by atoms with Crippen LogP contribution in [0.5, 0.6) is 0 Å². The van der Waals surface area contributed by atoms with Crippen molar-refractivity contribution in [3.05, 3.63) is 28.5 Å². The van der Waals surface area contributed by atoms with Crippen molar-refractivity contribution in [2.75, 3.05) is 6.54 Å². The summed E-state index contributed by atoms with van der Waals surface area (Å²) in [7, 11) is 0. The molecule has 0 saturated heterocycles. The summed E-state index contributed by atoms with van der Waals surface area (Å²) in [5.41, 5.74) is 0.543. The van der Waals surface area contributed by atoms with Crippen molar-refractivity contribution in [1.29, 1.82) is 0 Å². The molecule has 0 unspecified atom stereocenters. The molecule has 1 aromatic heterocycles. The van der Waals surface area contributed by atoms with E-state index in [1.54, 1.807) is 12.3 Å². The van der Waals surface area contributed by atoms with Gasteiger partial charge in [-0.3, -0.25) is 4.79 Å². The van der Waals surface area contributed by atoms with Gasteiger partial charge in [0, 0.05) is 23.3 Å². The zero-order valence-corrected chi connectivity index (χ0v) is 11.6. The Bertz CT molecular complexity index is 385. The first-order chi connectivity index (χ1) is 8.22. The summed E-state index contributed by atoms with van der Waals surface area (Å²) < 4.78 is 0.901. The molecule has 0 spiro atoms. The Morgan fingerprint density at radius 1 is 1.47 bits per heavy atom. The lowest BCUT2D eigenvalue weighted by molar-refractivity contribution is 0.0687. The van der Waals surface area contributed by atoms with Crippen LogP contribution in [0.4, 0.5) is 0 Å². The minimum absolute atomic E-state index is 0.0619. The molecule has 2 rings (SSSR count). The predicted octanol–water partition coefficient (Wildman–Crippen LogP) is 3.25. The minimum atomic E-state index is 0.0619. The number of carbonyl (C=O) groups excluding carboxylic acids is 1. The van der Waals surface area contributed by atoms with E-state index < -0.39 is 0 Å². The van der Waals surface area contributed by atoms with Gasteiger partial charge in [0.25, 0.3) is 5.91 Å². The molecule has 1 aliphatic rings. The van der Waals surface area contributed by atoms with E-state index in [9.17, 15) is 4.79 Å². The standard InChI is InChI=1S/C13H17BrN2O/c1-2-16(11-5-3-4-6-11)13(17)12-8-7-10(14)9-15-12/h7-9,11H,2-6H2,1H3. The van der Waals surface area contributed by atoms with E-state index in [1.165, 1.54) is 12.8 Å². The molecule has 17 heavy (non-hydrogen) atoms. The average molecular weight is 297 g/mol. The highest BCUT2D eigenvalue weighted by Gasteiger charge is 2.26. The van der Waals surface area contributed by atoms with Gasteiger partial charge < -0.3 is 4.90 Å². The van der Waals surface area contributed by atoms with Crippen LogP contribution in [-0.2, 0) is 0 Å². The molecule has 0 radical (unpaired) electrons. The van der Waals surface area contributed by atoms with E-state index in [1.807, 2.05) is 17.9 Å². The molecule has 3 nitrogen and oxygen atoms in total. The lowest BCUT2D eigenvalue weighted by atomic mass is 10.2. The lowest BCUT2D eigenvalue weighted by Crippen LogP contribution is -2.39. The summed E-state index contributed by atoms with van der Waals surface area (Å²) in [6.45, 7) is 2.80. The number of rotatable bonds is 3. The number of amides is 1. The second kappa shape index (κ2) is 5.63. The zero-order chi connectivity index (χ0) is 12.3. The van der Waals surface area contributed by atoms with Gasteiger partial charge >= 0.3 is 0 Å². The molecule has 1 aliphatic carbocycles. The van der Waals surface area contributed by atoms with Crippen LogP contribution in [0, 0.1) is 0 Å². The third kappa shape index (κ3) is 2.86. The lowest BCUT2D eigenvalue weighted by Gasteiger charge is -2.27. The predicted molar refractivity (Wildman–Crippen MR) is 70.9 cm³/mol. The van der Waals surface area contributed by atoms with Gasteiger partial charge in [-0.1, -0.05) is 12.8 Å². The van der Waals surface area contributed by atoms with E-state index in [0.717, 1.165) is 23.9 Å². The Kier molecular flexibility index (Phi) is 4.15. The highest BCUT2D eigenvalue weighted by Crippen LogP contribution is 2.24. The van der Waals surface area contributed by atoms with Crippen molar-refractivity contribution >= 4 is 21.8 Å². The van der Waals surface area contributed by atoms with Crippen LogP contribution in [0.25, 0.3) is 0 Å². The summed E-state index contributed by atoms with van der Waals surface area (Å²) >= 11 is 3.33. The third-order valence-electron chi connectivity index (χ3n) is 3.31. The highest BCUT2D eigenvalue weighted by atomic mass is 79.9. The fourth-order valence-electron chi connectivity index (χ4n) is 2.43. The molecule has 1 heterocycles. The van der Waals surface area contributed by atoms with E-state index >= 15 is 0 Å². The van der Waals surface area contributed by atoms with Crippen molar-refractivity contribution in [2.45, 2.75) is 38.6 Å². The molecule has 0 bridgehead atoms. The molecule has 0 aliphatic heterocycles. The maximum Gasteiger partial charge on any atom is 0.272 e. The van der Waals surface area contributed by atoms with Gasteiger partial charge in [-0.15, -0.1) is 0 Å². The molecule has 4 heteroatoms. The van der Waals surface area contributed by atoms with E-state index in [0.29, 0.717) is 11.7 Å². The van der Waals surface area contributed by atoms with Gasteiger partial charge in [-0.05, 0) is 47.8 Å². The molecule has 1 fully saturated rings. The average Bonchev–Trinajstić information content (AvgIpc) is 2.84. The van der Waals surface area contributed by atoms with Crippen LogP contribution in [0.3, 0.4) is 0 Å². The Morgan fingerprint density at radius 3 is 2.71 bits per heavy atom. The fraction of sp³-hybridized carbons (Fsp3) is 0.538. The summed E-state index contributed by atoms with van der Waals surface area (Å²) in [4.78, 5) is 18.5. The molecular weight excluding hydrogens is 280 g/mol. The van der Waals surface area contributed by atoms with Gasteiger partial charge in [0.05, 0.1) is 0 Å². The fourth-order valence-corrected chi connectivity index (χ4v) is 2.67. The van der Waals surface area contributed by atoms with E-state index in [-0.39, 0.29) is 5.91 Å².